The van der Waals surface area contributed by atoms with Crippen LogP contribution in [0.1, 0.15) is 40.0 Å². The maximum absolute atomic E-state index is 12.2. The minimum Gasteiger partial charge on any atom is -0.375 e. The van der Waals surface area contributed by atoms with Gasteiger partial charge in [0.2, 0.25) is 5.91 Å². The minimum atomic E-state index is -0.519. The number of rotatable bonds is 6. The molecule has 126 valence electrons. The van der Waals surface area contributed by atoms with E-state index in [1.807, 2.05) is 51.1 Å². The maximum Gasteiger partial charge on any atom is 0.250 e. The number of hydrogen-bond acceptors (Lipinski definition) is 3. The molecule has 5 heteroatoms. The van der Waals surface area contributed by atoms with Gasteiger partial charge in [-0.1, -0.05) is 36.4 Å². The first-order valence-corrected chi connectivity index (χ1v) is 7.88. The summed E-state index contributed by atoms with van der Waals surface area (Å²) in [4.78, 5) is 23.7. The molecule has 0 aromatic heterocycles. The van der Waals surface area contributed by atoms with E-state index in [1.54, 1.807) is 12.1 Å². The fourth-order valence-electron chi connectivity index (χ4n) is 2.72. The minimum absolute atomic E-state index is 0.0708. The highest BCUT2D eigenvalue weighted by Crippen LogP contribution is 2.20. The highest BCUT2D eigenvalue weighted by molar-refractivity contribution is 5.99. The predicted octanol–water partition coefficient (Wildman–Crippen LogP) is 2.69. The van der Waals surface area contributed by atoms with Crippen LogP contribution in [0.2, 0.25) is 0 Å². The molecule has 0 fully saturated rings. The molecule has 5 nitrogen and oxygen atoms in total. The van der Waals surface area contributed by atoms with Crippen molar-refractivity contribution in [2.24, 2.45) is 5.73 Å². The Balaban J connectivity index is 2.02. The molecule has 1 atom stereocenters. The molecule has 2 amide bonds. The first-order chi connectivity index (χ1) is 11.4. The zero-order valence-electron chi connectivity index (χ0n) is 14.2. The third kappa shape index (κ3) is 4.13. The normalized spacial score (nSPS) is 11.6. The molecule has 0 radical (unpaired) electrons. The molecule has 0 saturated heterocycles. The van der Waals surface area contributed by atoms with E-state index in [0.29, 0.717) is 11.3 Å². The van der Waals surface area contributed by atoms with Crippen LogP contribution in [0.25, 0.3) is 0 Å². The molecule has 0 bridgehead atoms. The van der Waals surface area contributed by atoms with Gasteiger partial charge >= 0.3 is 0 Å². The molecular weight excluding hydrogens is 302 g/mol. The lowest BCUT2D eigenvalue weighted by Gasteiger charge is -2.18. The number of nitrogens with one attached hydrogen (secondary N) is 2. The van der Waals surface area contributed by atoms with E-state index < -0.39 is 5.91 Å². The van der Waals surface area contributed by atoms with E-state index in [2.05, 4.69) is 10.6 Å². The van der Waals surface area contributed by atoms with E-state index in [-0.39, 0.29) is 18.5 Å². The van der Waals surface area contributed by atoms with Gasteiger partial charge in [-0.2, -0.15) is 0 Å². The molecule has 1 unspecified atom stereocenters. The number of nitrogens with two attached hydrogens (primary N) is 1. The standard InChI is InChI=1S/C19H23N3O2/c1-12-7-4-5-9-15(12)14(3)22-17(23)11-21-18-13(2)8-6-10-16(18)19(20)24/h4-10,14,21H,11H2,1-3H3,(H2,20,24)(H,22,23). The number of para-hydroxylation sites is 1. The van der Waals surface area contributed by atoms with E-state index in [0.717, 1.165) is 16.7 Å². The van der Waals surface area contributed by atoms with Crippen molar-refractivity contribution >= 4 is 17.5 Å². The molecule has 0 heterocycles. The number of aryl methyl sites for hydroxylation is 2. The second-order valence-electron chi connectivity index (χ2n) is 5.86. The van der Waals surface area contributed by atoms with Crippen LogP contribution in [0, 0.1) is 13.8 Å². The number of amides is 2. The van der Waals surface area contributed by atoms with Crippen molar-refractivity contribution in [1.82, 2.24) is 5.32 Å². The summed E-state index contributed by atoms with van der Waals surface area (Å²) in [6, 6.07) is 13.1. The van der Waals surface area contributed by atoms with Gasteiger partial charge in [0.15, 0.2) is 0 Å². The Morgan fingerprint density at radius 2 is 1.71 bits per heavy atom. The van der Waals surface area contributed by atoms with Crippen LogP contribution in [-0.2, 0) is 4.79 Å². The van der Waals surface area contributed by atoms with Crippen molar-refractivity contribution in [1.29, 1.82) is 0 Å². The van der Waals surface area contributed by atoms with Gasteiger partial charge in [-0.3, -0.25) is 9.59 Å². The van der Waals surface area contributed by atoms with Crippen LogP contribution in [-0.4, -0.2) is 18.4 Å². The predicted molar refractivity (Wildman–Crippen MR) is 95.9 cm³/mol. The molecule has 0 saturated carbocycles. The van der Waals surface area contributed by atoms with E-state index >= 15 is 0 Å². The molecule has 2 aromatic rings. The summed E-state index contributed by atoms with van der Waals surface area (Å²) in [6.07, 6.45) is 0. The number of carbonyl (C=O) groups is 2. The third-order valence-corrected chi connectivity index (χ3v) is 4.00. The van der Waals surface area contributed by atoms with E-state index in [1.165, 1.54) is 0 Å². The fraction of sp³-hybridized carbons (Fsp3) is 0.263. The average molecular weight is 325 g/mol. The number of carbonyl (C=O) groups excluding carboxylic acids is 2. The average Bonchev–Trinajstić information content (AvgIpc) is 2.53. The fourth-order valence-corrected chi connectivity index (χ4v) is 2.72. The Morgan fingerprint density at radius 3 is 2.38 bits per heavy atom. The van der Waals surface area contributed by atoms with Crippen LogP contribution >= 0.6 is 0 Å². The third-order valence-electron chi connectivity index (χ3n) is 4.00. The monoisotopic (exact) mass is 325 g/mol. The second kappa shape index (κ2) is 7.64. The van der Waals surface area contributed by atoms with Gasteiger partial charge in [0, 0.05) is 0 Å². The number of anilines is 1. The molecule has 0 aliphatic rings. The SMILES string of the molecule is Cc1ccccc1C(C)NC(=O)CNc1c(C)cccc1C(N)=O. The zero-order chi connectivity index (χ0) is 17.7. The smallest absolute Gasteiger partial charge is 0.250 e. The highest BCUT2D eigenvalue weighted by Gasteiger charge is 2.14. The first kappa shape index (κ1) is 17.5. The maximum atomic E-state index is 12.2. The lowest BCUT2D eigenvalue weighted by molar-refractivity contribution is -0.120. The molecule has 2 rings (SSSR count). The molecular formula is C19H23N3O2. The summed E-state index contributed by atoms with van der Waals surface area (Å²) in [7, 11) is 0. The Kier molecular flexibility index (Phi) is 5.58. The largest absolute Gasteiger partial charge is 0.375 e. The topological polar surface area (TPSA) is 84.2 Å². The van der Waals surface area contributed by atoms with Gasteiger partial charge in [0.1, 0.15) is 0 Å². The van der Waals surface area contributed by atoms with Crippen LogP contribution in [0.15, 0.2) is 42.5 Å². The Morgan fingerprint density at radius 1 is 1.04 bits per heavy atom. The van der Waals surface area contributed by atoms with Crippen LogP contribution < -0.4 is 16.4 Å². The number of hydrogen-bond donors (Lipinski definition) is 3. The van der Waals surface area contributed by atoms with Crippen molar-refractivity contribution in [3.63, 3.8) is 0 Å². The van der Waals surface area contributed by atoms with Crippen LogP contribution in [0.3, 0.4) is 0 Å². The summed E-state index contributed by atoms with van der Waals surface area (Å²) in [5.74, 6) is -0.667. The number of primary amides is 1. The van der Waals surface area contributed by atoms with Gasteiger partial charge in [0.25, 0.3) is 5.91 Å². The second-order valence-corrected chi connectivity index (χ2v) is 5.86. The summed E-state index contributed by atoms with van der Waals surface area (Å²) < 4.78 is 0. The molecule has 0 aliphatic carbocycles. The lowest BCUT2D eigenvalue weighted by Crippen LogP contribution is -2.33. The van der Waals surface area contributed by atoms with Crippen molar-refractivity contribution in [2.75, 3.05) is 11.9 Å². The molecule has 4 N–H and O–H groups in total. The molecule has 2 aromatic carbocycles. The Bertz CT molecular complexity index is 756. The lowest BCUT2D eigenvalue weighted by atomic mass is 10.0. The summed E-state index contributed by atoms with van der Waals surface area (Å²) in [5, 5.41) is 5.98. The van der Waals surface area contributed by atoms with Crippen molar-refractivity contribution in [3.8, 4) is 0 Å². The van der Waals surface area contributed by atoms with Gasteiger partial charge in [-0.05, 0) is 43.5 Å². The van der Waals surface area contributed by atoms with Crippen molar-refractivity contribution in [3.05, 3.63) is 64.7 Å². The highest BCUT2D eigenvalue weighted by atomic mass is 16.2. The van der Waals surface area contributed by atoms with Crippen LogP contribution in [0.4, 0.5) is 5.69 Å². The van der Waals surface area contributed by atoms with E-state index in [9.17, 15) is 9.59 Å². The molecule has 24 heavy (non-hydrogen) atoms. The Hall–Kier alpha value is -2.82. The quantitative estimate of drug-likeness (QED) is 0.763. The summed E-state index contributed by atoms with van der Waals surface area (Å²) in [6.45, 7) is 5.90. The molecule has 0 spiro atoms. The molecule has 0 aliphatic heterocycles. The van der Waals surface area contributed by atoms with Crippen molar-refractivity contribution in [2.45, 2.75) is 26.8 Å². The van der Waals surface area contributed by atoms with Crippen LogP contribution in [0.5, 0.6) is 0 Å². The van der Waals surface area contributed by atoms with Gasteiger partial charge in [0.05, 0.1) is 23.8 Å². The Labute approximate surface area is 142 Å². The summed E-state index contributed by atoms with van der Waals surface area (Å²) in [5.41, 5.74) is 9.45. The van der Waals surface area contributed by atoms with Gasteiger partial charge in [-0.25, -0.2) is 0 Å². The first-order valence-electron chi connectivity index (χ1n) is 7.88. The van der Waals surface area contributed by atoms with E-state index in [4.69, 9.17) is 5.73 Å². The van der Waals surface area contributed by atoms with Gasteiger partial charge < -0.3 is 16.4 Å². The van der Waals surface area contributed by atoms with Crippen molar-refractivity contribution < 1.29 is 9.59 Å². The number of benzene rings is 2. The zero-order valence-corrected chi connectivity index (χ0v) is 14.2. The summed E-state index contributed by atoms with van der Waals surface area (Å²) >= 11 is 0. The van der Waals surface area contributed by atoms with Gasteiger partial charge in [-0.15, -0.1) is 0 Å².